The first-order chi connectivity index (χ1) is 7.61. The maximum atomic E-state index is 13.5. The van der Waals surface area contributed by atoms with E-state index in [0.29, 0.717) is 0 Å². The number of benzene rings is 1. The summed E-state index contributed by atoms with van der Waals surface area (Å²) in [4.78, 5) is 0. The molecule has 0 heterocycles. The zero-order valence-electron chi connectivity index (χ0n) is 9.05. The van der Waals surface area contributed by atoms with Crippen molar-refractivity contribution in [3.63, 3.8) is 0 Å². The van der Waals surface area contributed by atoms with Gasteiger partial charge in [0.1, 0.15) is 0 Å². The molecule has 3 heteroatoms. The monoisotopic (exact) mass is 223 g/mol. The van der Waals surface area contributed by atoms with Crippen LogP contribution in [0.15, 0.2) is 24.3 Å². The standard InChI is InChI=1S/C13H15F2N/c14-13(15)7-12(13,8-16)11-6-5-9-3-1-2-4-10(9)11/h1-4,11H,5-8,16H2. The van der Waals surface area contributed by atoms with Gasteiger partial charge < -0.3 is 5.73 Å². The molecule has 1 fully saturated rings. The molecular weight excluding hydrogens is 208 g/mol. The van der Waals surface area contributed by atoms with Gasteiger partial charge in [-0.3, -0.25) is 0 Å². The number of hydrogen-bond donors (Lipinski definition) is 1. The van der Waals surface area contributed by atoms with Crippen LogP contribution in [0.2, 0.25) is 0 Å². The van der Waals surface area contributed by atoms with Crippen LogP contribution in [-0.4, -0.2) is 12.5 Å². The molecule has 2 aliphatic rings. The molecule has 2 N–H and O–H groups in total. The molecule has 2 unspecified atom stereocenters. The Bertz CT molecular complexity index is 430. The Kier molecular flexibility index (Phi) is 1.94. The van der Waals surface area contributed by atoms with Gasteiger partial charge in [0.25, 0.3) is 5.92 Å². The summed E-state index contributed by atoms with van der Waals surface area (Å²) in [7, 11) is 0. The predicted octanol–water partition coefficient (Wildman–Crippen LogP) is 2.70. The number of aryl methyl sites for hydroxylation is 1. The molecule has 0 radical (unpaired) electrons. The van der Waals surface area contributed by atoms with Crippen LogP contribution in [0.4, 0.5) is 8.78 Å². The molecule has 2 atom stereocenters. The van der Waals surface area contributed by atoms with Crippen LogP contribution in [0.3, 0.4) is 0 Å². The smallest absolute Gasteiger partial charge is 0.256 e. The summed E-state index contributed by atoms with van der Waals surface area (Å²) in [5.41, 5.74) is 6.98. The maximum Gasteiger partial charge on any atom is 0.256 e. The highest BCUT2D eigenvalue weighted by Gasteiger charge is 2.73. The van der Waals surface area contributed by atoms with E-state index >= 15 is 0 Å². The van der Waals surface area contributed by atoms with Crippen molar-refractivity contribution >= 4 is 0 Å². The van der Waals surface area contributed by atoms with Crippen LogP contribution in [0.5, 0.6) is 0 Å². The van der Waals surface area contributed by atoms with E-state index in [1.165, 1.54) is 5.56 Å². The van der Waals surface area contributed by atoms with E-state index in [9.17, 15) is 8.78 Å². The molecule has 0 spiro atoms. The van der Waals surface area contributed by atoms with E-state index in [2.05, 4.69) is 0 Å². The van der Waals surface area contributed by atoms with Crippen LogP contribution in [0.1, 0.15) is 29.9 Å². The van der Waals surface area contributed by atoms with Crippen molar-refractivity contribution in [2.75, 3.05) is 6.54 Å². The third kappa shape index (κ3) is 1.12. The Balaban J connectivity index is 2.00. The van der Waals surface area contributed by atoms with Gasteiger partial charge in [-0.25, -0.2) is 8.78 Å². The first-order valence-corrected chi connectivity index (χ1v) is 5.76. The Labute approximate surface area is 93.6 Å². The molecule has 1 aromatic carbocycles. The van der Waals surface area contributed by atoms with Crippen molar-refractivity contribution in [3.05, 3.63) is 35.4 Å². The lowest BCUT2D eigenvalue weighted by atomic mass is 9.84. The zero-order chi connectivity index (χ0) is 11.4. The highest BCUT2D eigenvalue weighted by molar-refractivity contribution is 5.40. The third-order valence-electron chi connectivity index (χ3n) is 4.31. The minimum absolute atomic E-state index is 0.0322. The topological polar surface area (TPSA) is 26.0 Å². The summed E-state index contributed by atoms with van der Waals surface area (Å²) in [5.74, 6) is -2.59. The lowest BCUT2D eigenvalue weighted by Crippen LogP contribution is -2.28. The molecule has 1 nitrogen and oxygen atoms in total. The number of rotatable bonds is 2. The van der Waals surface area contributed by atoms with E-state index in [0.717, 1.165) is 18.4 Å². The van der Waals surface area contributed by atoms with Crippen molar-refractivity contribution in [2.24, 2.45) is 11.1 Å². The van der Waals surface area contributed by atoms with Crippen LogP contribution < -0.4 is 5.73 Å². The normalized spacial score (nSPS) is 34.8. The average molecular weight is 223 g/mol. The van der Waals surface area contributed by atoms with Crippen LogP contribution in [0, 0.1) is 5.41 Å². The van der Waals surface area contributed by atoms with E-state index in [4.69, 9.17) is 5.73 Å². The zero-order valence-corrected chi connectivity index (χ0v) is 9.05. The largest absolute Gasteiger partial charge is 0.330 e. The second kappa shape index (κ2) is 3.04. The molecule has 0 amide bonds. The van der Waals surface area contributed by atoms with E-state index < -0.39 is 11.3 Å². The van der Waals surface area contributed by atoms with Gasteiger partial charge in [-0.1, -0.05) is 24.3 Å². The molecular formula is C13H15F2N. The molecule has 0 saturated heterocycles. The fourth-order valence-electron chi connectivity index (χ4n) is 3.22. The second-order valence-corrected chi connectivity index (χ2v) is 5.03. The van der Waals surface area contributed by atoms with E-state index in [1.54, 1.807) is 0 Å². The summed E-state index contributed by atoms with van der Waals surface area (Å²) >= 11 is 0. The van der Waals surface area contributed by atoms with Crippen molar-refractivity contribution < 1.29 is 8.78 Å². The number of fused-ring (bicyclic) bond motifs is 1. The molecule has 3 rings (SSSR count). The number of hydrogen-bond acceptors (Lipinski definition) is 1. The molecule has 0 aliphatic heterocycles. The Morgan fingerprint density at radius 3 is 2.62 bits per heavy atom. The first kappa shape index (κ1) is 10.2. The van der Waals surface area contributed by atoms with Gasteiger partial charge in [0.2, 0.25) is 0 Å². The van der Waals surface area contributed by atoms with E-state index in [-0.39, 0.29) is 18.9 Å². The lowest BCUT2D eigenvalue weighted by Gasteiger charge is -2.22. The predicted molar refractivity (Wildman–Crippen MR) is 58.6 cm³/mol. The highest BCUT2D eigenvalue weighted by Crippen LogP contribution is 2.68. The Morgan fingerprint density at radius 1 is 1.31 bits per heavy atom. The van der Waals surface area contributed by atoms with Gasteiger partial charge in [-0.15, -0.1) is 0 Å². The minimum Gasteiger partial charge on any atom is -0.330 e. The summed E-state index contributed by atoms with van der Waals surface area (Å²) in [6.07, 6.45) is 1.71. The van der Waals surface area contributed by atoms with Crippen molar-refractivity contribution in [2.45, 2.75) is 31.1 Å². The maximum absolute atomic E-state index is 13.5. The summed E-state index contributed by atoms with van der Waals surface area (Å²) < 4.78 is 27.0. The van der Waals surface area contributed by atoms with Crippen LogP contribution in [-0.2, 0) is 6.42 Å². The number of alkyl halides is 2. The van der Waals surface area contributed by atoms with Gasteiger partial charge in [-0.2, -0.15) is 0 Å². The Hall–Kier alpha value is -0.960. The molecule has 1 saturated carbocycles. The van der Waals surface area contributed by atoms with Crippen molar-refractivity contribution in [3.8, 4) is 0 Å². The highest BCUT2D eigenvalue weighted by atomic mass is 19.3. The molecule has 1 aromatic rings. The Morgan fingerprint density at radius 2 is 2.00 bits per heavy atom. The summed E-state index contributed by atoms with van der Waals surface area (Å²) in [6.45, 7) is 0.0962. The van der Waals surface area contributed by atoms with Gasteiger partial charge >= 0.3 is 0 Å². The third-order valence-corrected chi connectivity index (χ3v) is 4.31. The lowest BCUT2D eigenvalue weighted by molar-refractivity contribution is 0.0557. The molecule has 0 aromatic heterocycles. The number of halogens is 2. The van der Waals surface area contributed by atoms with Crippen molar-refractivity contribution in [1.29, 1.82) is 0 Å². The summed E-state index contributed by atoms with van der Waals surface area (Å²) in [5, 5.41) is 0. The first-order valence-electron chi connectivity index (χ1n) is 5.76. The van der Waals surface area contributed by atoms with Gasteiger partial charge in [-0.05, 0) is 29.9 Å². The average Bonchev–Trinajstić information content (AvgIpc) is 2.67. The molecule has 2 aliphatic carbocycles. The summed E-state index contributed by atoms with van der Waals surface area (Å²) in [6, 6.07) is 7.93. The molecule has 0 bridgehead atoms. The van der Waals surface area contributed by atoms with E-state index in [1.807, 2.05) is 24.3 Å². The van der Waals surface area contributed by atoms with Crippen LogP contribution in [0.25, 0.3) is 0 Å². The van der Waals surface area contributed by atoms with Gasteiger partial charge in [0.15, 0.2) is 0 Å². The fraction of sp³-hybridized carbons (Fsp3) is 0.538. The SMILES string of the molecule is NCC1(C2CCc3ccccc32)CC1(F)F. The quantitative estimate of drug-likeness (QED) is 0.819. The van der Waals surface area contributed by atoms with Gasteiger partial charge in [0.05, 0.1) is 5.41 Å². The van der Waals surface area contributed by atoms with Gasteiger partial charge in [0, 0.05) is 13.0 Å². The second-order valence-electron chi connectivity index (χ2n) is 5.03. The molecule has 16 heavy (non-hydrogen) atoms. The molecule has 86 valence electrons. The minimum atomic E-state index is -2.55. The van der Waals surface area contributed by atoms with Crippen molar-refractivity contribution in [1.82, 2.24) is 0 Å². The fourth-order valence-corrected chi connectivity index (χ4v) is 3.22. The van der Waals surface area contributed by atoms with Crippen LogP contribution >= 0.6 is 0 Å². The number of nitrogens with two attached hydrogens (primary N) is 1.